The lowest BCUT2D eigenvalue weighted by molar-refractivity contribution is -0.0378. The van der Waals surface area contributed by atoms with Gasteiger partial charge in [-0.3, -0.25) is 0 Å². The molecule has 1 N–H and O–H groups in total. The van der Waals surface area contributed by atoms with Crippen LogP contribution < -0.4 is 0 Å². The third kappa shape index (κ3) is 4.04. The van der Waals surface area contributed by atoms with Gasteiger partial charge in [0.05, 0.1) is 5.60 Å². The number of aliphatic hydroxyl groups is 1. The molecule has 1 aromatic carbocycles. The van der Waals surface area contributed by atoms with Crippen LogP contribution in [0.2, 0.25) is 0 Å². The summed E-state index contributed by atoms with van der Waals surface area (Å²) in [6, 6.07) is 10.4. The van der Waals surface area contributed by atoms with Gasteiger partial charge < -0.3 is 10.0 Å². The van der Waals surface area contributed by atoms with Crippen molar-refractivity contribution in [3.8, 4) is 0 Å². The van der Waals surface area contributed by atoms with E-state index in [4.69, 9.17) is 0 Å². The van der Waals surface area contributed by atoms with Gasteiger partial charge in [0, 0.05) is 6.54 Å². The summed E-state index contributed by atoms with van der Waals surface area (Å²) in [6.07, 6.45) is 9.86. The lowest BCUT2D eigenvalue weighted by Gasteiger charge is -2.37. The van der Waals surface area contributed by atoms with Crippen molar-refractivity contribution < 1.29 is 5.11 Å². The van der Waals surface area contributed by atoms with Crippen LogP contribution in [0.25, 0.3) is 0 Å². The quantitative estimate of drug-likeness (QED) is 0.870. The summed E-state index contributed by atoms with van der Waals surface area (Å²) in [5.41, 5.74) is 0.517. The number of likely N-dealkylation sites (tertiary alicyclic amines) is 1. The number of benzene rings is 1. The van der Waals surface area contributed by atoms with Gasteiger partial charge in [-0.2, -0.15) is 0 Å². The molecule has 2 nitrogen and oxygen atoms in total. The standard InChI is InChI=1S/C19H29NO.ClH/c21-19(18-11-5-6-12-18,17-9-3-1-4-10-17)13-16-20-14-7-2-8-15-20;/h1,3-4,9-10,18,21H,2,5-8,11-16H2;1H. The first kappa shape index (κ1) is 17.8. The van der Waals surface area contributed by atoms with Crippen LogP contribution in [-0.4, -0.2) is 29.6 Å². The Morgan fingerprint density at radius 2 is 1.59 bits per heavy atom. The molecule has 0 amide bonds. The molecular formula is C19H30ClNO. The van der Waals surface area contributed by atoms with Gasteiger partial charge in [-0.25, -0.2) is 0 Å². The molecule has 1 aliphatic heterocycles. The second-order valence-electron chi connectivity index (χ2n) is 6.92. The zero-order valence-corrected chi connectivity index (χ0v) is 14.4. The van der Waals surface area contributed by atoms with E-state index in [0.29, 0.717) is 5.92 Å². The molecule has 1 saturated carbocycles. The van der Waals surface area contributed by atoms with Crippen LogP contribution in [0.5, 0.6) is 0 Å². The highest BCUT2D eigenvalue weighted by Gasteiger charge is 2.39. The Bertz CT molecular complexity index is 426. The zero-order chi connectivity index (χ0) is 14.5. The first-order valence-electron chi connectivity index (χ1n) is 8.79. The Balaban J connectivity index is 0.00000176. The molecule has 0 bridgehead atoms. The molecule has 124 valence electrons. The van der Waals surface area contributed by atoms with Gasteiger partial charge in [0.25, 0.3) is 0 Å². The molecule has 1 unspecified atom stereocenters. The van der Waals surface area contributed by atoms with Gasteiger partial charge in [-0.15, -0.1) is 12.4 Å². The highest BCUT2D eigenvalue weighted by atomic mass is 35.5. The van der Waals surface area contributed by atoms with E-state index in [1.807, 2.05) is 6.07 Å². The smallest absolute Gasteiger partial charge is 0.0936 e. The summed E-state index contributed by atoms with van der Waals surface area (Å²) in [5.74, 6) is 0.449. The van der Waals surface area contributed by atoms with Gasteiger partial charge in [-0.05, 0) is 56.7 Å². The van der Waals surface area contributed by atoms with Crippen molar-refractivity contribution in [2.75, 3.05) is 19.6 Å². The first-order valence-corrected chi connectivity index (χ1v) is 8.79. The molecule has 22 heavy (non-hydrogen) atoms. The van der Waals surface area contributed by atoms with Crippen LogP contribution >= 0.6 is 12.4 Å². The predicted molar refractivity (Wildman–Crippen MR) is 94.5 cm³/mol. The highest BCUT2D eigenvalue weighted by molar-refractivity contribution is 5.85. The molecule has 1 heterocycles. The van der Waals surface area contributed by atoms with Gasteiger partial charge in [0.2, 0.25) is 0 Å². The predicted octanol–water partition coefficient (Wildman–Crippen LogP) is 4.36. The number of hydrogen-bond donors (Lipinski definition) is 1. The van der Waals surface area contributed by atoms with Crippen LogP contribution in [0.15, 0.2) is 30.3 Å². The van der Waals surface area contributed by atoms with Crippen molar-refractivity contribution >= 4 is 12.4 Å². The Labute approximate surface area is 141 Å². The maximum atomic E-state index is 11.5. The second-order valence-corrected chi connectivity index (χ2v) is 6.92. The molecule has 1 atom stereocenters. The second kappa shape index (κ2) is 8.33. The minimum absolute atomic E-state index is 0. The van der Waals surface area contributed by atoms with Crippen molar-refractivity contribution in [3.63, 3.8) is 0 Å². The van der Waals surface area contributed by atoms with Gasteiger partial charge in [-0.1, -0.05) is 49.6 Å². The number of halogens is 1. The third-order valence-corrected chi connectivity index (χ3v) is 5.56. The Hall–Kier alpha value is -0.570. The first-order chi connectivity index (χ1) is 10.3. The number of hydrogen-bond acceptors (Lipinski definition) is 2. The average molecular weight is 324 g/mol. The van der Waals surface area contributed by atoms with E-state index in [9.17, 15) is 5.11 Å². The molecule has 0 aromatic heterocycles. The van der Waals surface area contributed by atoms with Crippen molar-refractivity contribution in [1.29, 1.82) is 0 Å². The largest absolute Gasteiger partial charge is 0.385 e. The summed E-state index contributed by atoms with van der Waals surface area (Å²) in [4.78, 5) is 2.55. The molecular weight excluding hydrogens is 294 g/mol. The number of rotatable bonds is 5. The minimum atomic E-state index is -0.616. The molecule has 0 radical (unpaired) electrons. The van der Waals surface area contributed by atoms with Gasteiger partial charge in [0.1, 0.15) is 0 Å². The summed E-state index contributed by atoms with van der Waals surface area (Å²) >= 11 is 0. The maximum absolute atomic E-state index is 11.5. The lowest BCUT2D eigenvalue weighted by atomic mass is 9.77. The summed E-state index contributed by atoms with van der Waals surface area (Å²) in [5, 5.41) is 11.5. The average Bonchev–Trinajstić information content (AvgIpc) is 3.09. The molecule has 2 aliphatic rings. The summed E-state index contributed by atoms with van der Waals surface area (Å²) in [6.45, 7) is 3.48. The van der Waals surface area contributed by atoms with E-state index in [1.54, 1.807) is 0 Å². The highest BCUT2D eigenvalue weighted by Crippen LogP contribution is 2.42. The molecule has 1 aromatic rings. The summed E-state index contributed by atoms with van der Waals surface area (Å²) in [7, 11) is 0. The van der Waals surface area contributed by atoms with Gasteiger partial charge in [0.15, 0.2) is 0 Å². The normalized spacial score (nSPS) is 23.0. The van der Waals surface area contributed by atoms with Crippen molar-refractivity contribution in [2.24, 2.45) is 5.92 Å². The van der Waals surface area contributed by atoms with E-state index in [0.717, 1.165) is 18.5 Å². The van der Waals surface area contributed by atoms with Crippen LogP contribution in [0.1, 0.15) is 56.9 Å². The SMILES string of the molecule is Cl.OC(CCN1CCCCC1)(c1ccccc1)C1CCCC1. The third-order valence-electron chi connectivity index (χ3n) is 5.56. The van der Waals surface area contributed by atoms with Crippen LogP contribution in [0, 0.1) is 5.92 Å². The topological polar surface area (TPSA) is 23.5 Å². The fourth-order valence-electron chi connectivity index (χ4n) is 4.23. The molecule has 1 aliphatic carbocycles. The van der Waals surface area contributed by atoms with Crippen molar-refractivity contribution in [1.82, 2.24) is 4.90 Å². The number of nitrogens with zero attached hydrogens (tertiary/aromatic N) is 1. The van der Waals surface area contributed by atoms with E-state index in [2.05, 4.69) is 29.2 Å². The minimum Gasteiger partial charge on any atom is -0.385 e. The fourth-order valence-corrected chi connectivity index (χ4v) is 4.23. The van der Waals surface area contributed by atoms with Crippen LogP contribution in [-0.2, 0) is 5.60 Å². The van der Waals surface area contributed by atoms with E-state index in [1.165, 1.54) is 58.0 Å². The van der Waals surface area contributed by atoms with Crippen molar-refractivity contribution in [2.45, 2.75) is 57.0 Å². The Morgan fingerprint density at radius 1 is 0.955 bits per heavy atom. The van der Waals surface area contributed by atoms with E-state index < -0.39 is 5.60 Å². The molecule has 3 heteroatoms. The molecule has 2 fully saturated rings. The molecule has 1 saturated heterocycles. The van der Waals surface area contributed by atoms with Gasteiger partial charge >= 0.3 is 0 Å². The summed E-state index contributed by atoms with van der Waals surface area (Å²) < 4.78 is 0. The van der Waals surface area contributed by atoms with E-state index >= 15 is 0 Å². The lowest BCUT2D eigenvalue weighted by Crippen LogP contribution is -2.39. The monoisotopic (exact) mass is 323 g/mol. The molecule has 0 spiro atoms. The Morgan fingerprint density at radius 3 is 2.23 bits per heavy atom. The maximum Gasteiger partial charge on any atom is 0.0936 e. The fraction of sp³-hybridized carbons (Fsp3) is 0.684. The van der Waals surface area contributed by atoms with Crippen molar-refractivity contribution in [3.05, 3.63) is 35.9 Å². The zero-order valence-electron chi connectivity index (χ0n) is 13.5. The van der Waals surface area contributed by atoms with Crippen LogP contribution in [0.3, 0.4) is 0 Å². The number of piperidine rings is 1. The van der Waals surface area contributed by atoms with E-state index in [-0.39, 0.29) is 12.4 Å². The molecule has 3 rings (SSSR count). The van der Waals surface area contributed by atoms with Crippen LogP contribution in [0.4, 0.5) is 0 Å². The Kier molecular flexibility index (Phi) is 6.73.